The number of carbonyl (C=O) groups excluding carboxylic acids is 1. The van der Waals surface area contributed by atoms with Gasteiger partial charge in [-0.25, -0.2) is 0 Å². The lowest BCUT2D eigenvalue weighted by atomic mass is 9.76. The highest BCUT2D eigenvalue weighted by atomic mass is 35.5. The molecule has 3 aromatic carbocycles. The number of rotatable bonds is 7. The number of aromatic nitrogens is 2. The maximum Gasteiger partial charge on any atom is 0.198 e. The Morgan fingerprint density at radius 2 is 1.59 bits per heavy atom. The number of halogens is 1. The zero-order valence-corrected chi connectivity index (χ0v) is 19.9. The number of hydrogen-bond acceptors (Lipinski definition) is 3. The number of allylic oxidation sites excluding steroid dienone is 4. The van der Waals surface area contributed by atoms with Crippen LogP contribution in [0.2, 0.25) is 5.02 Å². The van der Waals surface area contributed by atoms with Gasteiger partial charge in [0.25, 0.3) is 0 Å². The summed E-state index contributed by atoms with van der Waals surface area (Å²) in [5.74, 6) is -0.227. The maximum absolute atomic E-state index is 13.4. The lowest BCUT2D eigenvalue weighted by Crippen LogP contribution is -2.38. The summed E-state index contributed by atoms with van der Waals surface area (Å²) >= 11 is 6.14. The van der Waals surface area contributed by atoms with E-state index in [4.69, 9.17) is 22.4 Å². The molecule has 5 heteroatoms. The third kappa shape index (κ3) is 4.09. The summed E-state index contributed by atoms with van der Waals surface area (Å²) in [6, 6.07) is 25.3. The van der Waals surface area contributed by atoms with Gasteiger partial charge in [0.2, 0.25) is 0 Å². The van der Waals surface area contributed by atoms with Crippen molar-refractivity contribution < 1.29 is 4.79 Å². The van der Waals surface area contributed by atoms with E-state index in [2.05, 4.69) is 36.4 Å². The van der Waals surface area contributed by atoms with Gasteiger partial charge in [-0.05, 0) is 48.7 Å². The van der Waals surface area contributed by atoms with Gasteiger partial charge in [-0.3, -0.25) is 9.48 Å². The molecule has 170 valence electrons. The van der Waals surface area contributed by atoms with Crippen molar-refractivity contribution in [3.05, 3.63) is 142 Å². The molecule has 4 aromatic rings. The monoisotopic (exact) mass is 467 g/mol. The van der Waals surface area contributed by atoms with Crippen LogP contribution in [0, 0.1) is 0 Å². The Morgan fingerprint density at radius 3 is 2.15 bits per heavy atom. The number of nitrogen functional groups attached to an aromatic ring is 1. The second-order valence-corrected chi connectivity index (χ2v) is 8.36. The van der Waals surface area contributed by atoms with Crippen LogP contribution in [0.4, 0.5) is 5.69 Å². The molecule has 0 saturated heterocycles. The average molecular weight is 468 g/mol. The van der Waals surface area contributed by atoms with Crippen LogP contribution in [0.15, 0.2) is 115 Å². The number of carbonyl (C=O) groups is 1. The van der Waals surface area contributed by atoms with E-state index >= 15 is 0 Å². The summed E-state index contributed by atoms with van der Waals surface area (Å²) < 4.78 is 1.86. The summed E-state index contributed by atoms with van der Waals surface area (Å²) in [6.07, 6.45) is 9.55. The third-order valence-electron chi connectivity index (χ3n) is 5.91. The second kappa shape index (κ2) is 9.94. The van der Waals surface area contributed by atoms with E-state index in [1.165, 1.54) is 0 Å². The van der Waals surface area contributed by atoms with Crippen molar-refractivity contribution in [1.82, 2.24) is 9.78 Å². The number of anilines is 1. The Morgan fingerprint density at radius 1 is 0.971 bits per heavy atom. The minimum Gasteiger partial charge on any atom is -0.398 e. The van der Waals surface area contributed by atoms with Crippen LogP contribution >= 0.6 is 11.6 Å². The van der Waals surface area contributed by atoms with Crippen LogP contribution in [0.5, 0.6) is 0 Å². The molecule has 1 heterocycles. The minimum absolute atomic E-state index is 0.227. The predicted octanol–water partition coefficient (Wildman–Crippen LogP) is 6.66. The lowest BCUT2D eigenvalue weighted by Gasteiger charge is -2.37. The summed E-state index contributed by atoms with van der Waals surface area (Å²) in [5, 5.41) is 5.19. The fraction of sp³-hybridized carbons (Fsp3) is 0.103. The van der Waals surface area contributed by atoms with Crippen molar-refractivity contribution in [2.24, 2.45) is 0 Å². The van der Waals surface area contributed by atoms with E-state index in [9.17, 15) is 4.79 Å². The van der Waals surface area contributed by atoms with Gasteiger partial charge >= 0.3 is 0 Å². The molecule has 0 fully saturated rings. The first-order valence-electron chi connectivity index (χ1n) is 11.1. The first-order valence-corrected chi connectivity index (χ1v) is 11.5. The van der Waals surface area contributed by atoms with E-state index < -0.39 is 5.54 Å². The molecular weight excluding hydrogens is 442 g/mol. The van der Waals surface area contributed by atoms with Crippen LogP contribution in [0.25, 0.3) is 0 Å². The molecule has 0 saturated carbocycles. The van der Waals surface area contributed by atoms with Crippen molar-refractivity contribution in [2.75, 3.05) is 5.73 Å². The fourth-order valence-electron chi connectivity index (χ4n) is 4.36. The highest BCUT2D eigenvalue weighted by molar-refractivity contribution is 6.31. The number of ketones is 1. The first kappa shape index (κ1) is 23.3. The minimum atomic E-state index is -0.789. The molecule has 0 atom stereocenters. The van der Waals surface area contributed by atoms with Crippen molar-refractivity contribution >= 4 is 23.1 Å². The molecule has 4 nitrogen and oxygen atoms in total. The fourth-order valence-corrected chi connectivity index (χ4v) is 4.54. The third-order valence-corrected chi connectivity index (χ3v) is 6.14. The Kier molecular flexibility index (Phi) is 6.80. The van der Waals surface area contributed by atoms with Crippen LogP contribution in [-0.4, -0.2) is 15.6 Å². The molecular formula is C29H26ClN3O. The topological polar surface area (TPSA) is 60.9 Å². The summed E-state index contributed by atoms with van der Waals surface area (Å²) in [4.78, 5) is 13.4. The molecule has 0 amide bonds. The average Bonchev–Trinajstić information content (AvgIpc) is 3.37. The van der Waals surface area contributed by atoms with Crippen LogP contribution < -0.4 is 5.73 Å². The van der Waals surface area contributed by atoms with Gasteiger partial charge in [0, 0.05) is 22.5 Å². The van der Waals surface area contributed by atoms with Crippen molar-refractivity contribution in [1.29, 1.82) is 0 Å². The van der Waals surface area contributed by atoms with Gasteiger partial charge in [-0.2, -0.15) is 5.10 Å². The normalized spacial score (nSPS) is 12.3. The number of benzene rings is 3. The molecule has 0 aliphatic rings. The van der Waals surface area contributed by atoms with Crippen molar-refractivity contribution in [2.45, 2.75) is 19.4 Å². The van der Waals surface area contributed by atoms with Gasteiger partial charge in [-0.15, -0.1) is 0 Å². The Balaban J connectivity index is 1.98. The van der Waals surface area contributed by atoms with Crippen LogP contribution in [0.1, 0.15) is 40.9 Å². The summed E-state index contributed by atoms with van der Waals surface area (Å²) in [6.45, 7) is 4.00. The highest BCUT2D eigenvalue weighted by Crippen LogP contribution is 2.41. The molecule has 0 aliphatic carbocycles. The van der Waals surface area contributed by atoms with E-state index in [0.717, 1.165) is 16.7 Å². The number of nitrogens with two attached hydrogens (primary N) is 1. The highest BCUT2D eigenvalue weighted by Gasteiger charge is 2.40. The number of hydrogen-bond donors (Lipinski definition) is 1. The van der Waals surface area contributed by atoms with E-state index in [1.54, 1.807) is 30.6 Å². The quantitative estimate of drug-likeness (QED) is 0.188. The largest absolute Gasteiger partial charge is 0.398 e. The van der Waals surface area contributed by atoms with Crippen LogP contribution in [-0.2, 0) is 5.54 Å². The predicted molar refractivity (Wildman–Crippen MR) is 139 cm³/mol. The molecule has 0 unspecified atom stereocenters. The Hall–Kier alpha value is -3.89. The lowest BCUT2D eigenvalue weighted by molar-refractivity contribution is 0.103. The standard InChI is InChI=1S/C29H26ClN3O/c1-3-11-22(4-2)29(23-12-7-5-8-13-23,24-14-9-6-10-15-24)33-20-21(19-32-33)28(34)26-18-25(30)16-17-27(26)31/h3-20H,31H2,1-2H3/b11-3-,22-4+. The molecule has 0 bridgehead atoms. The molecule has 1 aromatic heterocycles. The molecule has 2 N–H and O–H groups in total. The van der Waals surface area contributed by atoms with Crippen molar-refractivity contribution in [3.63, 3.8) is 0 Å². The van der Waals surface area contributed by atoms with Gasteiger partial charge in [0.05, 0.1) is 11.8 Å². The van der Waals surface area contributed by atoms with Crippen LogP contribution in [0.3, 0.4) is 0 Å². The zero-order chi connectivity index (χ0) is 24.1. The van der Waals surface area contributed by atoms with E-state index in [0.29, 0.717) is 21.8 Å². The van der Waals surface area contributed by atoms with Gasteiger partial charge < -0.3 is 5.73 Å². The summed E-state index contributed by atoms with van der Waals surface area (Å²) in [7, 11) is 0. The molecule has 0 radical (unpaired) electrons. The Bertz CT molecular complexity index is 1320. The smallest absolute Gasteiger partial charge is 0.198 e. The second-order valence-electron chi connectivity index (χ2n) is 7.92. The van der Waals surface area contributed by atoms with E-state index in [1.807, 2.05) is 61.0 Å². The van der Waals surface area contributed by atoms with Crippen molar-refractivity contribution in [3.8, 4) is 0 Å². The molecule has 34 heavy (non-hydrogen) atoms. The van der Waals surface area contributed by atoms with Gasteiger partial charge in [-0.1, -0.05) is 90.5 Å². The first-order chi connectivity index (χ1) is 16.5. The number of nitrogens with zero attached hydrogens (tertiary/aromatic N) is 2. The SMILES string of the molecule is C/C=C\C(=C/C)C(c1ccccc1)(c1ccccc1)n1cc(C(=O)c2cc(Cl)ccc2N)cn1. The Labute approximate surface area is 205 Å². The zero-order valence-electron chi connectivity index (χ0n) is 19.2. The van der Waals surface area contributed by atoms with E-state index in [-0.39, 0.29) is 5.78 Å². The summed E-state index contributed by atoms with van der Waals surface area (Å²) in [5.41, 5.74) is 9.54. The van der Waals surface area contributed by atoms with Gasteiger partial charge in [0.1, 0.15) is 5.54 Å². The maximum atomic E-state index is 13.4. The molecule has 4 rings (SSSR count). The molecule has 0 aliphatic heterocycles. The van der Waals surface area contributed by atoms with Gasteiger partial charge in [0.15, 0.2) is 5.78 Å². The molecule has 0 spiro atoms.